The summed E-state index contributed by atoms with van der Waals surface area (Å²) in [7, 11) is 0. The van der Waals surface area contributed by atoms with Crippen LogP contribution in [0.3, 0.4) is 0 Å². The Morgan fingerprint density at radius 2 is 1.50 bits per heavy atom. The zero-order valence-electron chi connectivity index (χ0n) is 22.3. The van der Waals surface area contributed by atoms with Crippen LogP contribution in [-0.4, -0.2) is 11.6 Å². The second-order valence-corrected chi connectivity index (χ2v) is 14.3. The van der Waals surface area contributed by atoms with Crippen LogP contribution in [0.2, 0.25) is 0 Å². The molecule has 0 aliphatic heterocycles. The second-order valence-electron chi connectivity index (χ2n) is 14.3. The van der Waals surface area contributed by atoms with Crippen molar-refractivity contribution in [2.24, 2.45) is 63.1 Å². The van der Waals surface area contributed by atoms with Crippen molar-refractivity contribution >= 4 is 6.47 Å². The van der Waals surface area contributed by atoms with Gasteiger partial charge >= 0.3 is 0 Å². The van der Waals surface area contributed by atoms with Crippen LogP contribution in [0.1, 0.15) is 119 Å². The highest BCUT2D eigenvalue weighted by atomic mass is 16.3. The van der Waals surface area contributed by atoms with Crippen LogP contribution in [0.15, 0.2) is 0 Å². The molecule has 5 aliphatic carbocycles. The zero-order valence-corrected chi connectivity index (χ0v) is 22.3. The van der Waals surface area contributed by atoms with Gasteiger partial charge in [0.2, 0.25) is 0 Å². The Kier molecular flexibility index (Phi) is 6.38. The summed E-state index contributed by atoms with van der Waals surface area (Å²) >= 11 is 0. The van der Waals surface area contributed by atoms with Gasteiger partial charge in [0, 0.05) is 0 Å². The van der Waals surface area contributed by atoms with Crippen LogP contribution in [0.25, 0.3) is 0 Å². The van der Waals surface area contributed by atoms with Crippen LogP contribution in [0.4, 0.5) is 0 Å². The summed E-state index contributed by atoms with van der Waals surface area (Å²) in [5, 5.41) is 6.89. The Morgan fingerprint density at radius 1 is 0.812 bits per heavy atom. The summed E-state index contributed by atoms with van der Waals surface area (Å²) in [6.07, 6.45) is 16.8. The highest BCUT2D eigenvalue weighted by Gasteiger charge is 2.68. The van der Waals surface area contributed by atoms with E-state index in [0.717, 1.165) is 41.4 Å². The van der Waals surface area contributed by atoms with E-state index in [1.165, 1.54) is 57.8 Å². The maximum atomic E-state index is 8.36. The highest BCUT2D eigenvalue weighted by Crippen LogP contribution is 2.76. The van der Waals surface area contributed by atoms with Gasteiger partial charge in [0.15, 0.2) is 0 Å². The molecule has 5 rings (SSSR count). The third kappa shape index (κ3) is 3.27. The maximum Gasteiger partial charge on any atom is 0.290 e. The lowest BCUT2D eigenvalue weighted by molar-refractivity contribution is -0.229. The minimum atomic E-state index is -0.250. The van der Waals surface area contributed by atoms with Gasteiger partial charge in [-0.2, -0.15) is 0 Å². The summed E-state index contributed by atoms with van der Waals surface area (Å²) in [6, 6.07) is 0. The molecule has 1 N–H and O–H groups in total. The predicted octanol–water partition coefficient (Wildman–Crippen LogP) is 8.44. The summed E-state index contributed by atoms with van der Waals surface area (Å²) in [5.41, 5.74) is 2.46. The third-order valence-corrected chi connectivity index (χ3v) is 13.2. The van der Waals surface area contributed by atoms with Gasteiger partial charge in [0.05, 0.1) is 0 Å². The van der Waals surface area contributed by atoms with E-state index < -0.39 is 0 Å². The second kappa shape index (κ2) is 8.30. The molecule has 0 saturated heterocycles. The molecule has 0 radical (unpaired) electrons. The first-order chi connectivity index (χ1) is 15.0. The quantitative estimate of drug-likeness (QED) is 0.412. The molecular formula is C30H52O2. The van der Waals surface area contributed by atoms with E-state index >= 15 is 0 Å². The smallest absolute Gasteiger partial charge is 0.290 e. The average Bonchev–Trinajstić information content (AvgIpc) is 3.07. The molecule has 0 aromatic heterocycles. The van der Waals surface area contributed by atoms with Gasteiger partial charge in [-0.15, -0.1) is 0 Å². The molecule has 184 valence electrons. The van der Waals surface area contributed by atoms with Crippen molar-refractivity contribution in [3.63, 3.8) is 0 Å². The molecule has 32 heavy (non-hydrogen) atoms. The zero-order chi connectivity index (χ0) is 23.5. The molecule has 0 amide bonds. The van der Waals surface area contributed by atoms with Crippen molar-refractivity contribution in [3.05, 3.63) is 0 Å². The van der Waals surface area contributed by atoms with E-state index in [1.54, 1.807) is 12.8 Å². The van der Waals surface area contributed by atoms with E-state index in [4.69, 9.17) is 9.90 Å². The molecule has 0 aromatic rings. The Morgan fingerprint density at radius 3 is 2.16 bits per heavy atom. The van der Waals surface area contributed by atoms with E-state index in [-0.39, 0.29) is 6.47 Å². The van der Waals surface area contributed by atoms with E-state index in [1.807, 2.05) is 0 Å². The number of hydrogen-bond donors (Lipinski definition) is 1. The molecule has 5 fully saturated rings. The van der Waals surface area contributed by atoms with Gasteiger partial charge < -0.3 is 5.11 Å². The van der Waals surface area contributed by atoms with Crippen molar-refractivity contribution in [2.45, 2.75) is 119 Å². The molecule has 2 nitrogen and oxygen atoms in total. The van der Waals surface area contributed by atoms with Gasteiger partial charge in [-0.1, -0.05) is 61.3 Å². The van der Waals surface area contributed by atoms with Gasteiger partial charge in [-0.05, 0) is 121 Å². The fourth-order valence-electron chi connectivity index (χ4n) is 11.4. The summed E-state index contributed by atoms with van der Waals surface area (Å²) in [4.78, 5) is 8.36. The van der Waals surface area contributed by atoms with Crippen LogP contribution in [0, 0.1) is 63.1 Å². The van der Waals surface area contributed by atoms with Crippen LogP contribution >= 0.6 is 0 Å². The maximum absolute atomic E-state index is 8.36. The van der Waals surface area contributed by atoms with Gasteiger partial charge in [-0.25, -0.2) is 0 Å². The predicted molar refractivity (Wildman–Crippen MR) is 133 cm³/mol. The lowest BCUT2D eigenvalue weighted by Crippen LogP contribution is -2.64. The molecule has 5 saturated carbocycles. The molecule has 10 unspecified atom stereocenters. The lowest BCUT2D eigenvalue weighted by atomic mass is 9.33. The fourth-order valence-corrected chi connectivity index (χ4v) is 11.4. The van der Waals surface area contributed by atoms with Gasteiger partial charge in [0.1, 0.15) is 0 Å². The average molecular weight is 445 g/mol. The molecule has 0 spiro atoms. The van der Waals surface area contributed by atoms with Crippen LogP contribution in [-0.2, 0) is 4.79 Å². The topological polar surface area (TPSA) is 37.3 Å². The number of hydrogen-bond acceptors (Lipinski definition) is 1. The SMILES string of the molecule is CC(C)C1CCC2(C)CCC3(C)C(CCC4C5(C)CCCC(C)C5CCC43C)C12.O=CO. The Hall–Kier alpha value is -0.530. The van der Waals surface area contributed by atoms with Crippen molar-refractivity contribution in [3.8, 4) is 0 Å². The first-order valence-corrected chi connectivity index (χ1v) is 14.1. The molecule has 5 aliphatic rings. The van der Waals surface area contributed by atoms with E-state index in [9.17, 15) is 0 Å². The number of carbonyl (C=O) groups is 1. The molecule has 10 atom stereocenters. The largest absolute Gasteiger partial charge is 0.483 e. The molecular weight excluding hydrogens is 392 g/mol. The van der Waals surface area contributed by atoms with Gasteiger partial charge in [-0.3, -0.25) is 4.79 Å². The number of carboxylic acid groups (broad SMARTS) is 1. The fraction of sp³-hybridized carbons (Fsp3) is 0.967. The monoisotopic (exact) mass is 444 g/mol. The van der Waals surface area contributed by atoms with E-state index in [2.05, 4.69) is 48.5 Å². The Balaban J connectivity index is 0.000000775. The molecule has 0 heterocycles. The number of fused-ring (bicyclic) bond motifs is 7. The van der Waals surface area contributed by atoms with Gasteiger partial charge in [0.25, 0.3) is 6.47 Å². The normalized spacial score (nSPS) is 54.4. The summed E-state index contributed by atoms with van der Waals surface area (Å²) in [5.74, 6) is 6.85. The van der Waals surface area contributed by atoms with E-state index in [0.29, 0.717) is 21.7 Å². The third-order valence-electron chi connectivity index (χ3n) is 13.2. The van der Waals surface area contributed by atoms with Crippen LogP contribution in [0.5, 0.6) is 0 Å². The Labute approximate surface area is 198 Å². The summed E-state index contributed by atoms with van der Waals surface area (Å²) in [6.45, 7) is 18.5. The highest BCUT2D eigenvalue weighted by molar-refractivity contribution is 5.32. The number of rotatable bonds is 1. The van der Waals surface area contributed by atoms with Crippen molar-refractivity contribution in [2.75, 3.05) is 0 Å². The summed E-state index contributed by atoms with van der Waals surface area (Å²) < 4.78 is 0. The Bertz CT molecular complexity index is 701. The molecule has 2 heteroatoms. The lowest BCUT2D eigenvalue weighted by Gasteiger charge is -2.72. The minimum absolute atomic E-state index is 0.250. The molecule has 0 bridgehead atoms. The van der Waals surface area contributed by atoms with Crippen LogP contribution < -0.4 is 0 Å². The first kappa shape index (κ1) is 24.6. The standard InChI is InChI=1S/C29H50.CH2O2/c1-19(2)21-12-15-26(4)17-18-28(6)23(25(21)26)10-11-24-27(5)14-8-9-20(3)22(27)13-16-29(24,28)7;2-1-3/h19-25H,8-18H2,1-7H3;1H,(H,2,3). The first-order valence-electron chi connectivity index (χ1n) is 14.1. The molecule has 0 aromatic carbocycles. The van der Waals surface area contributed by atoms with Crippen molar-refractivity contribution in [1.29, 1.82) is 0 Å². The van der Waals surface area contributed by atoms with Crippen molar-refractivity contribution in [1.82, 2.24) is 0 Å². The minimum Gasteiger partial charge on any atom is -0.483 e. The van der Waals surface area contributed by atoms with Crippen molar-refractivity contribution < 1.29 is 9.90 Å².